The summed E-state index contributed by atoms with van der Waals surface area (Å²) in [6.07, 6.45) is 6.74. The van der Waals surface area contributed by atoms with Crippen molar-refractivity contribution >= 4 is 0 Å². The maximum atomic E-state index is 8.85. The second-order valence-electron chi connectivity index (χ2n) is 3.32. The molecule has 0 aliphatic heterocycles. The summed E-state index contributed by atoms with van der Waals surface area (Å²) in [6.45, 7) is 0.838. The molecule has 2 nitrogen and oxygen atoms in total. The van der Waals surface area contributed by atoms with Gasteiger partial charge < -0.3 is 27.5 Å². The van der Waals surface area contributed by atoms with E-state index in [-0.39, 0.29) is 44.0 Å². The average Bonchev–Trinajstić information content (AvgIpc) is 2.34. The Bertz CT molecular complexity index is 93.3. The van der Waals surface area contributed by atoms with Gasteiger partial charge in [-0.1, -0.05) is 25.7 Å². The van der Waals surface area contributed by atoms with Gasteiger partial charge in [-0.3, -0.25) is 0 Å². The predicted molar refractivity (Wildman–Crippen MR) is 60.2 cm³/mol. The van der Waals surface area contributed by atoms with Crippen molar-refractivity contribution < 1.29 is 26.9 Å². The zero-order valence-electron chi connectivity index (χ0n) is 10.2. The van der Waals surface area contributed by atoms with Crippen molar-refractivity contribution in [2.45, 2.75) is 32.1 Å². The molecule has 1 aliphatic rings. The maximum Gasteiger partial charge on any atom is 4.00 e. The number of hydrogen-bond donors (Lipinski definition) is 1. The van der Waals surface area contributed by atoms with E-state index in [9.17, 15) is 0 Å². The average molecular weight is 236 g/mol. The van der Waals surface area contributed by atoms with Gasteiger partial charge in [0, 0.05) is 13.6 Å². The van der Waals surface area contributed by atoms with Gasteiger partial charge in [0.1, 0.15) is 0 Å². The zero-order valence-corrected chi connectivity index (χ0v) is 11.8. The molecular formula is C11H26NOTi+. The molecule has 1 saturated carbocycles. The normalized spacial score (nSPS) is 14.8. The van der Waals surface area contributed by atoms with Gasteiger partial charge in [-0.05, 0) is 12.3 Å². The van der Waals surface area contributed by atoms with Crippen LogP contribution in [0.25, 0.3) is 0 Å². The second kappa shape index (κ2) is 13.6. The van der Waals surface area contributed by atoms with Crippen LogP contribution in [0, 0.1) is 28.2 Å². The molecule has 0 amide bonds. The van der Waals surface area contributed by atoms with Gasteiger partial charge >= 0.3 is 21.7 Å². The molecule has 0 aromatic rings. The molecule has 1 rings (SSSR count). The molecular weight excluding hydrogens is 210 g/mol. The molecule has 0 spiro atoms. The first-order valence-corrected chi connectivity index (χ1v) is 4.19. The van der Waals surface area contributed by atoms with Crippen molar-refractivity contribution in [2.75, 3.05) is 13.6 Å². The fourth-order valence-corrected chi connectivity index (χ4v) is 1.67. The Morgan fingerprint density at radius 2 is 1.57 bits per heavy atom. The van der Waals surface area contributed by atoms with Crippen LogP contribution in [0.2, 0.25) is 0 Å². The first kappa shape index (κ1) is 24.1. The fraction of sp³-hybridized carbons (Fsp3) is 0.727. The SMILES string of the molecule is CN(O)CCC1CCCC1.[CH3-].[CH3-].[CH3-].[Ti+4]. The van der Waals surface area contributed by atoms with Crippen LogP contribution in [-0.2, 0) is 21.7 Å². The molecule has 0 aromatic carbocycles. The molecule has 0 unspecified atom stereocenters. The van der Waals surface area contributed by atoms with Crippen LogP contribution in [-0.4, -0.2) is 23.9 Å². The number of hydroxylamine groups is 2. The van der Waals surface area contributed by atoms with E-state index < -0.39 is 0 Å². The van der Waals surface area contributed by atoms with Gasteiger partial charge in [-0.15, -0.1) is 0 Å². The Kier molecular flexibility index (Phi) is 23.4. The van der Waals surface area contributed by atoms with Crippen molar-refractivity contribution in [3.63, 3.8) is 0 Å². The molecule has 84 valence electrons. The first-order valence-electron chi connectivity index (χ1n) is 4.19. The molecule has 1 aliphatic carbocycles. The Balaban J connectivity index is -0.000000125. The third kappa shape index (κ3) is 10.7. The molecule has 1 fully saturated rings. The van der Waals surface area contributed by atoms with Crippen molar-refractivity contribution in [3.8, 4) is 0 Å². The summed E-state index contributed by atoms with van der Waals surface area (Å²) in [5.74, 6) is 0.898. The monoisotopic (exact) mass is 236 g/mol. The summed E-state index contributed by atoms with van der Waals surface area (Å²) in [6, 6.07) is 0. The third-order valence-electron chi connectivity index (χ3n) is 2.34. The summed E-state index contributed by atoms with van der Waals surface area (Å²) in [5, 5.41) is 10.1. The fourth-order valence-electron chi connectivity index (χ4n) is 1.67. The van der Waals surface area contributed by atoms with Crippen LogP contribution in [0.4, 0.5) is 0 Å². The van der Waals surface area contributed by atoms with Crippen LogP contribution in [0.3, 0.4) is 0 Å². The molecule has 0 saturated heterocycles. The Hall–Kier alpha value is 0.634. The van der Waals surface area contributed by atoms with Crippen molar-refractivity contribution in [3.05, 3.63) is 22.3 Å². The van der Waals surface area contributed by atoms with E-state index in [0.717, 1.165) is 12.5 Å². The number of nitrogens with zero attached hydrogens (tertiary/aromatic N) is 1. The van der Waals surface area contributed by atoms with Crippen LogP contribution in [0.5, 0.6) is 0 Å². The molecule has 14 heavy (non-hydrogen) atoms. The Morgan fingerprint density at radius 1 is 1.14 bits per heavy atom. The number of hydrogen-bond acceptors (Lipinski definition) is 2. The Labute approximate surface area is 106 Å². The summed E-state index contributed by atoms with van der Waals surface area (Å²) in [5.41, 5.74) is 0. The van der Waals surface area contributed by atoms with Crippen LogP contribution >= 0.6 is 0 Å². The van der Waals surface area contributed by atoms with Gasteiger partial charge in [0.2, 0.25) is 0 Å². The van der Waals surface area contributed by atoms with Gasteiger partial charge in [0.05, 0.1) is 0 Å². The van der Waals surface area contributed by atoms with Crippen molar-refractivity contribution in [1.29, 1.82) is 0 Å². The third-order valence-corrected chi connectivity index (χ3v) is 2.34. The van der Waals surface area contributed by atoms with E-state index in [2.05, 4.69) is 0 Å². The topological polar surface area (TPSA) is 23.5 Å². The van der Waals surface area contributed by atoms with Crippen LogP contribution in [0.15, 0.2) is 0 Å². The molecule has 0 heterocycles. The van der Waals surface area contributed by atoms with Gasteiger partial charge in [-0.25, -0.2) is 0 Å². The smallest absolute Gasteiger partial charge is 0.358 e. The van der Waals surface area contributed by atoms with Crippen LogP contribution < -0.4 is 0 Å². The van der Waals surface area contributed by atoms with E-state index in [0.29, 0.717) is 0 Å². The minimum atomic E-state index is 0. The summed E-state index contributed by atoms with van der Waals surface area (Å²) >= 11 is 0. The molecule has 0 aromatic heterocycles. The first-order chi connectivity index (χ1) is 4.79. The van der Waals surface area contributed by atoms with Gasteiger partial charge in [0.15, 0.2) is 0 Å². The minimum absolute atomic E-state index is 0. The molecule has 0 bridgehead atoms. The Morgan fingerprint density at radius 3 is 1.93 bits per heavy atom. The van der Waals surface area contributed by atoms with Crippen LogP contribution in [0.1, 0.15) is 32.1 Å². The molecule has 1 N–H and O–H groups in total. The van der Waals surface area contributed by atoms with E-state index >= 15 is 0 Å². The van der Waals surface area contributed by atoms with E-state index in [1.54, 1.807) is 7.05 Å². The number of rotatable bonds is 3. The van der Waals surface area contributed by atoms with Gasteiger partial charge in [0.25, 0.3) is 0 Å². The summed E-state index contributed by atoms with van der Waals surface area (Å²) in [4.78, 5) is 0. The zero-order chi connectivity index (χ0) is 7.40. The summed E-state index contributed by atoms with van der Waals surface area (Å²) < 4.78 is 0. The van der Waals surface area contributed by atoms with Crippen molar-refractivity contribution in [1.82, 2.24) is 5.06 Å². The van der Waals surface area contributed by atoms with E-state index in [1.807, 2.05) is 0 Å². The van der Waals surface area contributed by atoms with Crippen molar-refractivity contribution in [2.24, 2.45) is 5.92 Å². The predicted octanol–water partition coefficient (Wildman–Crippen LogP) is 3.24. The largest absolute Gasteiger partial charge is 4.00 e. The second-order valence-corrected chi connectivity index (χ2v) is 3.32. The van der Waals surface area contributed by atoms with E-state index in [4.69, 9.17) is 5.21 Å². The minimum Gasteiger partial charge on any atom is -0.358 e. The quantitative estimate of drug-likeness (QED) is 0.462. The van der Waals surface area contributed by atoms with Gasteiger partial charge in [-0.2, -0.15) is 5.06 Å². The molecule has 0 radical (unpaired) electrons. The maximum absolute atomic E-state index is 8.85. The standard InChI is InChI=1S/C8H17NO.3CH3.Ti/c1-9(10)7-6-8-4-2-3-5-8;;;;/h8,10H,2-7H2,1H3;3*1H3;/q;3*-1;+4. The van der Waals surface area contributed by atoms with E-state index in [1.165, 1.54) is 37.2 Å². The molecule has 0 atom stereocenters. The molecule has 3 heteroatoms. The summed E-state index contributed by atoms with van der Waals surface area (Å²) in [7, 11) is 1.72.